The van der Waals surface area contributed by atoms with Crippen LogP contribution in [0, 0.1) is 16.0 Å². The van der Waals surface area contributed by atoms with Crippen LogP contribution in [-0.2, 0) is 5.75 Å². The van der Waals surface area contributed by atoms with Crippen molar-refractivity contribution in [1.82, 2.24) is 0 Å². The molecule has 0 spiro atoms. The average Bonchev–Trinajstić information content (AvgIpc) is 2.93. The van der Waals surface area contributed by atoms with Crippen molar-refractivity contribution in [2.24, 2.45) is 5.92 Å². The molecule has 1 aliphatic carbocycles. The van der Waals surface area contributed by atoms with Crippen molar-refractivity contribution in [1.29, 1.82) is 0 Å². The van der Waals surface area contributed by atoms with Gasteiger partial charge in [-0.05, 0) is 43.1 Å². The molecular weight excluding hydrogens is 272 g/mol. The first-order valence-corrected chi connectivity index (χ1v) is 8.45. The number of nitro groups is 1. The summed E-state index contributed by atoms with van der Waals surface area (Å²) in [5.41, 5.74) is 1.84. The Bertz CT molecular complexity index is 459. The fourth-order valence-electron chi connectivity index (χ4n) is 2.68. The molecule has 0 unspecified atom stereocenters. The molecule has 0 heterocycles. The molecule has 2 rings (SSSR count). The third kappa shape index (κ3) is 4.13. The van der Waals surface area contributed by atoms with E-state index in [9.17, 15) is 10.1 Å². The average molecular weight is 294 g/mol. The van der Waals surface area contributed by atoms with E-state index < -0.39 is 0 Å². The molecule has 1 N–H and O–H groups in total. The van der Waals surface area contributed by atoms with Crippen LogP contribution in [0.15, 0.2) is 18.2 Å². The second-order valence-electron chi connectivity index (χ2n) is 5.30. The highest BCUT2D eigenvalue weighted by atomic mass is 32.2. The summed E-state index contributed by atoms with van der Waals surface area (Å²) in [6, 6.07) is 5.53. The minimum absolute atomic E-state index is 0.186. The molecule has 1 aromatic rings. The van der Waals surface area contributed by atoms with Crippen LogP contribution in [0.25, 0.3) is 0 Å². The summed E-state index contributed by atoms with van der Waals surface area (Å²) in [6.07, 6.45) is 5.45. The first-order valence-electron chi connectivity index (χ1n) is 7.29. The topological polar surface area (TPSA) is 55.2 Å². The fraction of sp³-hybridized carbons (Fsp3) is 0.600. The Morgan fingerprint density at radius 3 is 2.80 bits per heavy atom. The molecule has 1 saturated carbocycles. The van der Waals surface area contributed by atoms with E-state index in [1.165, 1.54) is 31.4 Å². The lowest BCUT2D eigenvalue weighted by atomic mass is 10.1. The van der Waals surface area contributed by atoms with Crippen molar-refractivity contribution < 1.29 is 4.92 Å². The van der Waals surface area contributed by atoms with Crippen molar-refractivity contribution in [2.75, 3.05) is 17.6 Å². The van der Waals surface area contributed by atoms with Crippen LogP contribution >= 0.6 is 11.8 Å². The normalized spacial score (nSPS) is 15.4. The maximum Gasteiger partial charge on any atom is 0.292 e. The van der Waals surface area contributed by atoms with Crippen molar-refractivity contribution in [2.45, 2.75) is 38.4 Å². The number of anilines is 1. The lowest BCUT2D eigenvalue weighted by Crippen LogP contribution is -2.02. The fourth-order valence-corrected chi connectivity index (χ4v) is 3.88. The van der Waals surface area contributed by atoms with Crippen LogP contribution in [0.1, 0.15) is 38.2 Å². The van der Waals surface area contributed by atoms with Gasteiger partial charge in [0.15, 0.2) is 0 Å². The minimum Gasteiger partial charge on any atom is -0.380 e. The van der Waals surface area contributed by atoms with Gasteiger partial charge in [0.05, 0.1) is 4.92 Å². The van der Waals surface area contributed by atoms with E-state index in [0.29, 0.717) is 12.2 Å². The van der Waals surface area contributed by atoms with Gasteiger partial charge in [-0.3, -0.25) is 10.1 Å². The monoisotopic (exact) mass is 294 g/mol. The Hall–Kier alpha value is -1.23. The third-order valence-electron chi connectivity index (χ3n) is 3.72. The van der Waals surface area contributed by atoms with E-state index in [0.717, 1.165) is 17.2 Å². The van der Waals surface area contributed by atoms with Crippen LogP contribution in [0.3, 0.4) is 0 Å². The van der Waals surface area contributed by atoms with E-state index in [-0.39, 0.29) is 10.6 Å². The summed E-state index contributed by atoms with van der Waals surface area (Å²) in [5, 5.41) is 14.1. The van der Waals surface area contributed by atoms with Crippen LogP contribution in [-0.4, -0.2) is 17.2 Å². The van der Waals surface area contributed by atoms with Gasteiger partial charge in [-0.1, -0.05) is 18.9 Å². The van der Waals surface area contributed by atoms with E-state index in [4.69, 9.17) is 0 Å². The Morgan fingerprint density at radius 1 is 1.40 bits per heavy atom. The van der Waals surface area contributed by atoms with Crippen molar-refractivity contribution in [3.63, 3.8) is 0 Å². The molecule has 1 aromatic carbocycles. The zero-order valence-corrected chi connectivity index (χ0v) is 12.7. The van der Waals surface area contributed by atoms with E-state index in [2.05, 4.69) is 5.32 Å². The lowest BCUT2D eigenvalue weighted by molar-refractivity contribution is -0.384. The van der Waals surface area contributed by atoms with E-state index >= 15 is 0 Å². The highest BCUT2D eigenvalue weighted by molar-refractivity contribution is 7.98. The molecule has 1 fully saturated rings. The Balaban J connectivity index is 1.93. The molecule has 0 amide bonds. The van der Waals surface area contributed by atoms with Gasteiger partial charge >= 0.3 is 0 Å². The van der Waals surface area contributed by atoms with Crippen molar-refractivity contribution >= 4 is 23.1 Å². The second kappa shape index (κ2) is 7.53. The number of nitrogens with zero attached hydrogens (tertiary/aromatic N) is 1. The van der Waals surface area contributed by atoms with Gasteiger partial charge in [0.1, 0.15) is 5.69 Å². The summed E-state index contributed by atoms with van der Waals surface area (Å²) >= 11 is 1.90. The Kier molecular flexibility index (Phi) is 5.71. The zero-order valence-electron chi connectivity index (χ0n) is 11.9. The van der Waals surface area contributed by atoms with Gasteiger partial charge in [0.2, 0.25) is 0 Å². The van der Waals surface area contributed by atoms with E-state index in [1.54, 1.807) is 6.07 Å². The van der Waals surface area contributed by atoms with Crippen molar-refractivity contribution in [3.05, 3.63) is 33.9 Å². The van der Waals surface area contributed by atoms with Gasteiger partial charge < -0.3 is 5.32 Å². The summed E-state index contributed by atoms with van der Waals surface area (Å²) in [7, 11) is 0. The third-order valence-corrected chi connectivity index (χ3v) is 4.97. The quantitative estimate of drug-likeness (QED) is 0.596. The maximum absolute atomic E-state index is 11.1. The van der Waals surface area contributed by atoms with E-state index in [1.807, 2.05) is 30.8 Å². The highest BCUT2D eigenvalue weighted by Crippen LogP contribution is 2.31. The lowest BCUT2D eigenvalue weighted by Gasteiger charge is -2.09. The van der Waals surface area contributed by atoms with Crippen LogP contribution < -0.4 is 5.32 Å². The van der Waals surface area contributed by atoms with Gasteiger partial charge in [0.25, 0.3) is 5.69 Å². The Morgan fingerprint density at radius 2 is 2.15 bits per heavy atom. The summed E-state index contributed by atoms with van der Waals surface area (Å²) in [5.74, 6) is 2.91. The maximum atomic E-state index is 11.1. The predicted molar refractivity (Wildman–Crippen MR) is 85.4 cm³/mol. The van der Waals surface area contributed by atoms with Gasteiger partial charge in [0, 0.05) is 18.4 Å². The molecule has 20 heavy (non-hydrogen) atoms. The molecular formula is C15H22N2O2S. The predicted octanol–water partition coefficient (Wildman–Crippen LogP) is 4.45. The zero-order chi connectivity index (χ0) is 14.4. The molecule has 0 saturated heterocycles. The summed E-state index contributed by atoms with van der Waals surface area (Å²) in [6.45, 7) is 2.63. The summed E-state index contributed by atoms with van der Waals surface area (Å²) in [4.78, 5) is 10.8. The molecule has 5 heteroatoms. The molecule has 1 aliphatic rings. The number of nitro benzene ring substituents is 1. The smallest absolute Gasteiger partial charge is 0.292 e. The Labute approximate surface area is 124 Å². The standard InChI is InChI=1S/C15H22N2O2S/c1-2-16-14-8-7-13(9-15(14)17(18)19)11-20-10-12-5-3-4-6-12/h7-9,12,16H,2-6,10-11H2,1H3. The SMILES string of the molecule is CCNc1ccc(CSCC2CCCC2)cc1[N+](=O)[O-]. The molecule has 0 aliphatic heterocycles. The second-order valence-corrected chi connectivity index (χ2v) is 6.33. The molecule has 0 radical (unpaired) electrons. The number of benzene rings is 1. The van der Waals surface area contributed by atoms with Crippen LogP contribution in [0.2, 0.25) is 0 Å². The molecule has 0 aromatic heterocycles. The van der Waals surface area contributed by atoms with Crippen molar-refractivity contribution in [3.8, 4) is 0 Å². The largest absolute Gasteiger partial charge is 0.380 e. The minimum atomic E-state index is -0.302. The molecule has 4 nitrogen and oxygen atoms in total. The molecule has 0 bridgehead atoms. The molecule has 110 valence electrons. The number of hydrogen-bond donors (Lipinski definition) is 1. The van der Waals surface area contributed by atoms with Crippen LogP contribution in [0.5, 0.6) is 0 Å². The van der Waals surface area contributed by atoms with Gasteiger partial charge in [-0.25, -0.2) is 0 Å². The van der Waals surface area contributed by atoms with Gasteiger partial charge in [-0.15, -0.1) is 0 Å². The van der Waals surface area contributed by atoms with Crippen LogP contribution in [0.4, 0.5) is 11.4 Å². The number of hydrogen-bond acceptors (Lipinski definition) is 4. The van der Waals surface area contributed by atoms with Gasteiger partial charge in [-0.2, -0.15) is 11.8 Å². The first kappa shape index (κ1) is 15.2. The number of nitrogens with one attached hydrogen (secondary N) is 1. The first-order chi connectivity index (χ1) is 9.70. The number of thioether (sulfide) groups is 1. The summed E-state index contributed by atoms with van der Waals surface area (Å²) < 4.78 is 0. The highest BCUT2D eigenvalue weighted by Gasteiger charge is 2.16. The molecule has 0 atom stereocenters. The number of rotatable bonds is 7.